The van der Waals surface area contributed by atoms with Crippen molar-refractivity contribution in [3.05, 3.63) is 75.9 Å². The van der Waals surface area contributed by atoms with Gasteiger partial charge in [-0.2, -0.15) is 0 Å². The third kappa shape index (κ3) is 3.93. The number of rotatable bonds is 3. The van der Waals surface area contributed by atoms with Gasteiger partial charge in [0.2, 0.25) is 0 Å². The molecule has 0 spiro atoms. The van der Waals surface area contributed by atoms with Crippen LogP contribution in [0.4, 0.5) is 0 Å². The summed E-state index contributed by atoms with van der Waals surface area (Å²) in [5.41, 5.74) is 2.63. The fourth-order valence-corrected chi connectivity index (χ4v) is 3.87. The van der Waals surface area contributed by atoms with Crippen molar-refractivity contribution < 1.29 is 4.79 Å². The van der Waals surface area contributed by atoms with Gasteiger partial charge in [-0.25, -0.2) is 0 Å². The molecule has 1 aromatic heterocycles. The van der Waals surface area contributed by atoms with E-state index in [1.807, 2.05) is 35.2 Å². The van der Waals surface area contributed by atoms with Gasteiger partial charge in [0.15, 0.2) is 0 Å². The summed E-state index contributed by atoms with van der Waals surface area (Å²) in [7, 11) is 0. The Morgan fingerprint density at radius 2 is 1.81 bits per heavy atom. The molecule has 1 saturated heterocycles. The van der Waals surface area contributed by atoms with Crippen LogP contribution in [0.25, 0.3) is 10.9 Å². The van der Waals surface area contributed by atoms with Crippen molar-refractivity contribution in [1.82, 2.24) is 14.8 Å². The van der Waals surface area contributed by atoms with Gasteiger partial charge in [-0.15, -0.1) is 0 Å². The van der Waals surface area contributed by atoms with Crippen LogP contribution in [0.15, 0.2) is 54.7 Å². The van der Waals surface area contributed by atoms with Gasteiger partial charge in [0, 0.05) is 65.5 Å². The summed E-state index contributed by atoms with van der Waals surface area (Å²) in [6, 6.07) is 15.0. The number of aromatic nitrogens is 1. The van der Waals surface area contributed by atoms with Crippen LogP contribution in [0.5, 0.6) is 0 Å². The SMILES string of the molecule is O=C(c1cccc(Cl)c1)N1CCN(Cc2c(Cl)ccc3cccnc23)CC1. The van der Waals surface area contributed by atoms with Crippen LogP contribution in [0.1, 0.15) is 15.9 Å². The van der Waals surface area contributed by atoms with E-state index in [1.165, 1.54) is 0 Å². The lowest BCUT2D eigenvalue weighted by Crippen LogP contribution is -2.48. The Bertz CT molecular complexity index is 984. The molecule has 1 fully saturated rings. The second-order valence-corrected chi connectivity index (χ2v) is 7.52. The van der Waals surface area contributed by atoms with Gasteiger partial charge in [0.25, 0.3) is 5.91 Å². The lowest BCUT2D eigenvalue weighted by atomic mass is 10.1. The molecule has 2 aromatic carbocycles. The number of carbonyl (C=O) groups excluding carboxylic acids is 1. The number of benzene rings is 2. The molecule has 1 aliphatic rings. The van der Waals surface area contributed by atoms with E-state index < -0.39 is 0 Å². The topological polar surface area (TPSA) is 36.4 Å². The Balaban J connectivity index is 1.45. The standard InChI is InChI=1S/C21H19Cl2N3O/c22-17-5-1-3-16(13-17)21(27)26-11-9-25(10-12-26)14-18-19(23)7-6-15-4-2-8-24-20(15)18/h1-8,13H,9-12,14H2. The minimum absolute atomic E-state index is 0.0296. The van der Waals surface area contributed by atoms with E-state index in [-0.39, 0.29) is 5.91 Å². The first-order valence-corrected chi connectivity index (χ1v) is 9.67. The van der Waals surface area contributed by atoms with E-state index >= 15 is 0 Å². The zero-order valence-electron chi connectivity index (χ0n) is 14.7. The van der Waals surface area contributed by atoms with Crippen LogP contribution in [-0.2, 0) is 6.54 Å². The predicted molar refractivity (Wildman–Crippen MR) is 109 cm³/mol. The average Bonchev–Trinajstić information content (AvgIpc) is 2.70. The third-order valence-electron chi connectivity index (χ3n) is 4.94. The Kier molecular flexibility index (Phi) is 5.30. The van der Waals surface area contributed by atoms with Crippen molar-refractivity contribution >= 4 is 40.0 Å². The lowest BCUT2D eigenvalue weighted by molar-refractivity contribution is 0.0629. The molecule has 0 N–H and O–H groups in total. The first-order chi connectivity index (χ1) is 13.1. The van der Waals surface area contributed by atoms with Gasteiger partial charge in [0.05, 0.1) is 5.52 Å². The van der Waals surface area contributed by atoms with Crippen LogP contribution >= 0.6 is 23.2 Å². The largest absolute Gasteiger partial charge is 0.336 e. The van der Waals surface area contributed by atoms with Crippen molar-refractivity contribution in [2.24, 2.45) is 0 Å². The second kappa shape index (κ2) is 7.85. The highest BCUT2D eigenvalue weighted by Crippen LogP contribution is 2.26. The fourth-order valence-electron chi connectivity index (χ4n) is 3.47. The zero-order valence-corrected chi connectivity index (χ0v) is 16.2. The Hall–Kier alpha value is -2.14. The molecule has 2 heterocycles. The first kappa shape index (κ1) is 18.2. The number of amides is 1. The number of carbonyl (C=O) groups is 1. The monoisotopic (exact) mass is 399 g/mol. The molecule has 1 amide bonds. The van der Waals surface area contributed by atoms with E-state index in [2.05, 4.69) is 9.88 Å². The summed E-state index contributed by atoms with van der Waals surface area (Å²) >= 11 is 12.5. The number of fused-ring (bicyclic) bond motifs is 1. The summed E-state index contributed by atoms with van der Waals surface area (Å²) in [5.74, 6) is 0.0296. The van der Waals surface area contributed by atoms with Crippen LogP contribution in [0.2, 0.25) is 10.0 Å². The van der Waals surface area contributed by atoms with E-state index in [4.69, 9.17) is 23.2 Å². The molecule has 0 atom stereocenters. The molecule has 0 aliphatic carbocycles. The van der Waals surface area contributed by atoms with Gasteiger partial charge in [0.1, 0.15) is 0 Å². The predicted octanol–water partition coefficient (Wildman–Crippen LogP) is 4.50. The molecule has 4 nitrogen and oxygen atoms in total. The van der Waals surface area contributed by atoms with Gasteiger partial charge >= 0.3 is 0 Å². The van der Waals surface area contributed by atoms with Crippen LogP contribution in [0.3, 0.4) is 0 Å². The van der Waals surface area contributed by atoms with E-state index in [1.54, 1.807) is 24.4 Å². The smallest absolute Gasteiger partial charge is 0.253 e. The number of hydrogen-bond acceptors (Lipinski definition) is 3. The zero-order chi connectivity index (χ0) is 18.8. The number of hydrogen-bond donors (Lipinski definition) is 0. The molecule has 27 heavy (non-hydrogen) atoms. The fraction of sp³-hybridized carbons (Fsp3) is 0.238. The molecular formula is C21H19Cl2N3O. The molecule has 4 rings (SSSR count). The van der Waals surface area contributed by atoms with Crippen LogP contribution < -0.4 is 0 Å². The normalized spacial score (nSPS) is 15.3. The molecule has 0 bridgehead atoms. The summed E-state index contributed by atoms with van der Waals surface area (Å²) in [6.45, 7) is 3.69. The van der Waals surface area contributed by atoms with Crippen LogP contribution in [0, 0.1) is 0 Å². The van der Waals surface area contributed by atoms with Gasteiger partial charge in [-0.1, -0.05) is 41.4 Å². The minimum atomic E-state index is 0.0296. The number of piperazine rings is 1. The molecule has 3 aromatic rings. The van der Waals surface area contributed by atoms with Crippen molar-refractivity contribution in [2.75, 3.05) is 26.2 Å². The molecular weight excluding hydrogens is 381 g/mol. The Morgan fingerprint density at radius 3 is 2.59 bits per heavy atom. The maximum Gasteiger partial charge on any atom is 0.253 e. The lowest BCUT2D eigenvalue weighted by Gasteiger charge is -2.35. The van der Waals surface area contributed by atoms with Crippen molar-refractivity contribution in [3.8, 4) is 0 Å². The molecule has 0 unspecified atom stereocenters. The third-order valence-corrected chi connectivity index (χ3v) is 5.52. The Labute approximate surface area is 168 Å². The summed E-state index contributed by atoms with van der Waals surface area (Å²) in [5, 5.41) is 2.41. The van der Waals surface area contributed by atoms with Crippen molar-refractivity contribution in [2.45, 2.75) is 6.54 Å². The first-order valence-electron chi connectivity index (χ1n) is 8.91. The highest BCUT2D eigenvalue weighted by atomic mass is 35.5. The quantitative estimate of drug-likeness (QED) is 0.650. The maximum atomic E-state index is 12.7. The van der Waals surface area contributed by atoms with E-state index in [9.17, 15) is 4.79 Å². The number of nitrogens with zero attached hydrogens (tertiary/aromatic N) is 3. The maximum absolute atomic E-state index is 12.7. The minimum Gasteiger partial charge on any atom is -0.336 e. The summed E-state index contributed by atoms with van der Waals surface area (Å²) < 4.78 is 0. The van der Waals surface area contributed by atoms with E-state index in [0.29, 0.717) is 23.7 Å². The molecule has 0 saturated carbocycles. The molecule has 0 radical (unpaired) electrons. The van der Waals surface area contributed by atoms with Gasteiger partial charge in [-0.3, -0.25) is 14.7 Å². The highest BCUT2D eigenvalue weighted by molar-refractivity contribution is 6.32. The Morgan fingerprint density at radius 1 is 1.00 bits per heavy atom. The summed E-state index contributed by atoms with van der Waals surface area (Å²) in [4.78, 5) is 21.4. The van der Waals surface area contributed by atoms with Gasteiger partial charge < -0.3 is 4.90 Å². The van der Waals surface area contributed by atoms with Crippen molar-refractivity contribution in [3.63, 3.8) is 0 Å². The second-order valence-electron chi connectivity index (χ2n) is 6.68. The van der Waals surface area contributed by atoms with E-state index in [0.717, 1.165) is 41.1 Å². The molecule has 138 valence electrons. The number of pyridine rings is 1. The molecule has 1 aliphatic heterocycles. The van der Waals surface area contributed by atoms with Gasteiger partial charge in [-0.05, 0) is 30.3 Å². The molecule has 6 heteroatoms. The van der Waals surface area contributed by atoms with Crippen molar-refractivity contribution in [1.29, 1.82) is 0 Å². The van der Waals surface area contributed by atoms with Crippen LogP contribution in [-0.4, -0.2) is 46.9 Å². The number of halogens is 2. The summed E-state index contributed by atoms with van der Waals surface area (Å²) in [6.07, 6.45) is 1.80. The highest BCUT2D eigenvalue weighted by Gasteiger charge is 2.23. The average molecular weight is 400 g/mol.